The minimum Gasteiger partial charge on any atom is -0.337 e. The van der Waals surface area contributed by atoms with Crippen LogP contribution in [0, 0.1) is 6.92 Å². The molecule has 1 amide bonds. The van der Waals surface area contributed by atoms with Gasteiger partial charge in [-0.3, -0.25) is 18.8 Å². The van der Waals surface area contributed by atoms with Crippen molar-refractivity contribution >= 4 is 5.91 Å². The topological polar surface area (TPSA) is 85.9 Å². The Morgan fingerprint density at radius 2 is 1.70 bits per heavy atom. The number of hydrogen-bond acceptors (Lipinski definition) is 5. The Bertz CT molecular complexity index is 1170. The van der Waals surface area contributed by atoms with E-state index in [1.54, 1.807) is 28.6 Å². The van der Waals surface area contributed by atoms with E-state index in [0.717, 1.165) is 36.2 Å². The first-order valence-corrected chi connectivity index (χ1v) is 10.3. The van der Waals surface area contributed by atoms with Crippen LogP contribution < -0.4 is 5.56 Å². The molecule has 0 atom stereocenters. The van der Waals surface area contributed by atoms with E-state index in [1.807, 2.05) is 36.1 Å². The monoisotopic (exact) mass is 404 g/mol. The van der Waals surface area contributed by atoms with Crippen LogP contribution in [0.25, 0.3) is 11.3 Å². The van der Waals surface area contributed by atoms with Gasteiger partial charge in [0.1, 0.15) is 11.5 Å². The molecule has 0 unspecified atom stereocenters. The molecule has 1 aromatic carbocycles. The van der Waals surface area contributed by atoms with Gasteiger partial charge in [0.15, 0.2) is 5.69 Å². The molecule has 2 aliphatic rings. The lowest BCUT2D eigenvalue weighted by atomic mass is 9.76. The third-order valence-electron chi connectivity index (χ3n) is 6.50. The van der Waals surface area contributed by atoms with E-state index >= 15 is 0 Å². The van der Waals surface area contributed by atoms with Crippen LogP contribution in [-0.4, -0.2) is 48.4 Å². The van der Waals surface area contributed by atoms with E-state index in [4.69, 9.17) is 0 Å². The average Bonchev–Trinajstić information content (AvgIpc) is 3.34. The molecule has 8 nitrogen and oxygen atoms in total. The predicted molar refractivity (Wildman–Crippen MR) is 111 cm³/mol. The number of hydrogen-bond donors (Lipinski definition) is 0. The van der Waals surface area contributed by atoms with Gasteiger partial charge in [0.05, 0.1) is 0 Å². The average molecular weight is 404 g/mol. The summed E-state index contributed by atoms with van der Waals surface area (Å²) in [4.78, 5) is 27.7. The van der Waals surface area contributed by atoms with Gasteiger partial charge in [-0.2, -0.15) is 5.10 Å². The first-order chi connectivity index (χ1) is 14.5. The number of aromatic nitrogens is 5. The molecule has 1 spiro atoms. The first kappa shape index (κ1) is 18.7. The highest BCUT2D eigenvalue weighted by Crippen LogP contribution is 2.41. The Labute approximate surface area is 174 Å². The van der Waals surface area contributed by atoms with Crippen molar-refractivity contribution in [3.8, 4) is 11.3 Å². The van der Waals surface area contributed by atoms with E-state index in [1.165, 1.54) is 0 Å². The van der Waals surface area contributed by atoms with Gasteiger partial charge in [0.2, 0.25) is 0 Å². The van der Waals surface area contributed by atoms with Gasteiger partial charge >= 0.3 is 0 Å². The summed E-state index contributed by atoms with van der Waals surface area (Å²) in [6.07, 6.45) is 4.20. The lowest BCUT2D eigenvalue weighted by Gasteiger charge is -2.38. The van der Waals surface area contributed by atoms with Crippen molar-refractivity contribution in [2.45, 2.75) is 38.1 Å². The lowest BCUT2D eigenvalue weighted by molar-refractivity contribution is 0.0656. The SMILES string of the molecule is Cc1ccc(-c2nnc3n(c2=O)CCC32CCN(C(=O)c3ccn(C)n3)CC2)cc1. The Balaban J connectivity index is 1.39. The van der Waals surface area contributed by atoms with E-state index in [-0.39, 0.29) is 16.9 Å². The molecule has 0 N–H and O–H groups in total. The molecular formula is C22H24N6O2. The van der Waals surface area contributed by atoms with Gasteiger partial charge in [-0.25, -0.2) is 0 Å². The number of piperidine rings is 1. The molecule has 3 aromatic rings. The quantitative estimate of drug-likeness (QED) is 0.651. The molecule has 154 valence electrons. The van der Waals surface area contributed by atoms with Crippen molar-refractivity contribution in [2.24, 2.45) is 7.05 Å². The summed E-state index contributed by atoms with van der Waals surface area (Å²) in [5.74, 6) is 0.731. The van der Waals surface area contributed by atoms with Gasteiger partial charge in [-0.1, -0.05) is 29.8 Å². The van der Waals surface area contributed by atoms with Crippen LogP contribution in [0.1, 0.15) is 41.1 Å². The second kappa shape index (κ2) is 6.90. The number of fused-ring (bicyclic) bond motifs is 2. The van der Waals surface area contributed by atoms with Crippen LogP contribution in [0.15, 0.2) is 41.3 Å². The Morgan fingerprint density at radius 1 is 1.00 bits per heavy atom. The zero-order valence-electron chi connectivity index (χ0n) is 17.2. The molecule has 2 aromatic heterocycles. The Kier molecular flexibility index (Phi) is 4.30. The summed E-state index contributed by atoms with van der Waals surface area (Å²) in [6.45, 7) is 3.92. The minimum absolute atomic E-state index is 0.0401. The largest absolute Gasteiger partial charge is 0.337 e. The summed E-state index contributed by atoms with van der Waals surface area (Å²) in [5, 5.41) is 13.1. The second-order valence-corrected chi connectivity index (χ2v) is 8.39. The highest BCUT2D eigenvalue weighted by atomic mass is 16.2. The highest BCUT2D eigenvalue weighted by molar-refractivity contribution is 5.92. The second-order valence-electron chi connectivity index (χ2n) is 8.39. The van der Waals surface area contributed by atoms with E-state index < -0.39 is 0 Å². The van der Waals surface area contributed by atoms with Crippen molar-refractivity contribution in [1.29, 1.82) is 0 Å². The third-order valence-corrected chi connectivity index (χ3v) is 6.50. The normalized spacial score (nSPS) is 17.3. The van der Waals surface area contributed by atoms with Gasteiger partial charge < -0.3 is 4.90 Å². The van der Waals surface area contributed by atoms with Crippen molar-refractivity contribution in [2.75, 3.05) is 13.1 Å². The molecule has 30 heavy (non-hydrogen) atoms. The summed E-state index contributed by atoms with van der Waals surface area (Å²) in [7, 11) is 1.80. The van der Waals surface area contributed by atoms with E-state index in [9.17, 15) is 9.59 Å². The smallest absolute Gasteiger partial charge is 0.280 e. The third kappa shape index (κ3) is 2.94. The fraction of sp³-hybridized carbons (Fsp3) is 0.409. The fourth-order valence-electron chi connectivity index (χ4n) is 4.65. The molecule has 4 heterocycles. The molecule has 8 heteroatoms. The molecule has 0 bridgehead atoms. The summed E-state index contributed by atoms with van der Waals surface area (Å²) < 4.78 is 3.43. The minimum atomic E-state index is -0.182. The summed E-state index contributed by atoms with van der Waals surface area (Å²) in [6, 6.07) is 9.53. The maximum Gasteiger partial charge on any atom is 0.280 e. The van der Waals surface area contributed by atoms with Gasteiger partial charge in [-0.05, 0) is 32.3 Å². The number of likely N-dealkylation sites (tertiary alicyclic amines) is 1. The van der Waals surface area contributed by atoms with Crippen molar-refractivity contribution < 1.29 is 4.79 Å². The van der Waals surface area contributed by atoms with Gasteiger partial charge in [-0.15, -0.1) is 10.2 Å². The number of nitrogens with zero attached hydrogens (tertiary/aromatic N) is 6. The van der Waals surface area contributed by atoms with E-state index in [2.05, 4.69) is 15.3 Å². The zero-order chi connectivity index (χ0) is 20.9. The standard InChI is InChI=1S/C22H24N6O2/c1-15-3-5-16(6-4-15)18-20(30)28-14-10-22(21(28)24-23-18)8-12-27(13-9-22)19(29)17-7-11-26(2)25-17/h3-7,11H,8-10,12-14H2,1-2H3. The van der Waals surface area contributed by atoms with Gasteiger partial charge in [0.25, 0.3) is 11.5 Å². The Morgan fingerprint density at radius 3 is 2.37 bits per heavy atom. The number of aryl methyl sites for hydroxylation is 2. The number of carbonyl (C=O) groups is 1. The molecule has 5 rings (SSSR count). The van der Waals surface area contributed by atoms with Crippen LogP contribution >= 0.6 is 0 Å². The van der Waals surface area contributed by atoms with Crippen LogP contribution in [-0.2, 0) is 19.0 Å². The zero-order valence-corrected chi connectivity index (χ0v) is 17.2. The molecule has 0 saturated carbocycles. The first-order valence-electron chi connectivity index (χ1n) is 10.3. The van der Waals surface area contributed by atoms with Crippen LogP contribution in [0.3, 0.4) is 0 Å². The molecule has 0 radical (unpaired) electrons. The Hall–Kier alpha value is -3.29. The number of rotatable bonds is 2. The fourth-order valence-corrected chi connectivity index (χ4v) is 4.65. The van der Waals surface area contributed by atoms with Crippen molar-refractivity contribution in [3.63, 3.8) is 0 Å². The molecule has 2 aliphatic heterocycles. The summed E-state index contributed by atoms with van der Waals surface area (Å²) in [5.41, 5.74) is 2.55. The number of carbonyl (C=O) groups excluding carboxylic acids is 1. The molecular weight excluding hydrogens is 380 g/mol. The van der Waals surface area contributed by atoms with Crippen molar-refractivity contribution in [1.82, 2.24) is 29.4 Å². The van der Waals surface area contributed by atoms with Crippen LogP contribution in [0.2, 0.25) is 0 Å². The van der Waals surface area contributed by atoms with Gasteiger partial charge in [0, 0.05) is 43.9 Å². The number of amides is 1. The maximum absolute atomic E-state index is 13.1. The summed E-state index contributed by atoms with van der Waals surface area (Å²) >= 11 is 0. The van der Waals surface area contributed by atoms with Crippen molar-refractivity contribution in [3.05, 3.63) is 64.0 Å². The van der Waals surface area contributed by atoms with E-state index in [0.29, 0.717) is 31.0 Å². The van der Waals surface area contributed by atoms with Crippen LogP contribution in [0.5, 0.6) is 0 Å². The molecule has 1 fully saturated rings. The molecule has 1 saturated heterocycles. The number of benzene rings is 1. The van der Waals surface area contributed by atoms with Crippen LogP contribution in [0.4, 0.5) is 0 Å². The highest BCUT2D eigenvalue weighted by Gasteiger charge is 2.45. The maximum atomic E-state index is 13.1. The molecule has 0 aliphatic carbocycles. The predicted octanol–water partition coefficient (Wildman–Crippen LogP) is 1.92. The lowest BCUT2D eigenvalue weighted by Crippen LogP contribution is -2.45.